The SMILES string of the molecule is CC(C)N(CCCCCC(=O)O)C(=O)c1ccccc1. The number of hydrogen-bond acceptors (Lipinski definition) is 2. The molecule has 110 valence electrons. The molecule has 0 aliphatic rings. The quantitative estimate of drug-likeness (QED) is 0.742. The first-order chi connectivity index (χ1) is 9.52. The van der Waals surface area contributed by atoms with Gasteiger partial charge in [0.25, 0.3) is 5.91 Å². The van der Waals surface area contributed by atoms with Gasteiger partial charge in [-0.15, -0.1) is 0 Å². The molecule has 0 aliphatic heterocycles. The molecule has 20 heavy (non-hydrogen) atoms. The van der Waals surface area contributed by atoms with Gasteiger partial charge in [-0.05, 0) is 38.8 Å². The number of hydrogen-bond donors (Lipinski definition) is 1. The monoisotopic (exact) mass is 277 g/mol. The summed E-state index contributed by atoms with van der Waals surface area (Å²) in [5, 5.41) is 8.58. The maximum absolute atomic E-state index is 12.4. The molecule has 0 spiro atoms. The Morgan fingerprint density at radius 3 is 2.30 bits per heavy atom. The summed E-state index contributed by atoms with van der Waals surface area (Å²) in [4.78, 5) is 24.7. The largest absolute Gasteiger partial charge is 0.481 e. The fraction of sp³-hybridized carbons (Fsp3) is 0.500. The molecule has 0 bridgehead atoms. The highest BCUT2D eigenvalue weighted by Crippen LogP contribution is 2.11. The maximum atomic E-state index is 12.4. The van der Waals surface area contributed by atoms with E-state index >= 15 is 0 Å². The van der Waals surface area contributed by atoms with Crippen LogP contribution < -0.4 is 0 Å². The fourth-order valence-electron chi connectivity index (χ4n) is 2.08. The standard InChI is InChI=1S/C16H23NO3/c1-13(2)17(12-8-4-7-11-15(18)19)16(20)14-9-5-3-6-10-14/h3,5-6,9-10,13H,4,7-8,11-12H2,1-2H3,(H,18,19). The van der Waals surface area contributed by atoms with E-state index in [4.69, 9.17) is 5.11 Å². The van der Waals surface area contributed by atoms with Crippen LogP contribution in [-0.2, 0) is 4.79 Å². The number of aliphatic carboxylic acids is 1. The number of carbonyl (C=O) groups excluding carboxylic acids is 1. The average molecular weight is 277 g/mol. The lowest BCUT2D eigenvalue weighted by Gasteiger charge is -2.27. The summed E-state index contributed by atoms with van der Waals surface area (Å²) < 4.78 is 0. The zero-order valence-corrected chi connectivity index (χ0v) is 12.2. The summed E-state index contributed by atoms with van der Waals surface area (Å²) in [5.41, 5.74) is 0.701. The van der Waals surface area contributed by atoms with Gasteiger partial charge < -0.3 is 10.0 Å². The number of carboxylic acid groups (broad SMARTS) is 1. The van der Waals surface area contributed by atoms with Gasteiger partial charge in [-0.2, -0.15) is 0 Å². The second-order valence-electron chi connectivity index (χ2n) is 5.16. The molecule has 1 aromatic carbocycles. The van der Waals surface area contributed by atoms with E-state index in [1.807, 2.05) is 49.1 Å². The molecule has 0 aliphatic carbocycles. The molecule has 1 rings (SSSR count). The van der Waals surface area contributed by atoms with Crippen LogP contribution in [0.3, 0.4) is 0 Å². The number of rotatable bonds is 8. The zero-order chi connectivity index (χ0) is 15.0. The van der Waals surface area contributed by atoms with Crippen molar-refractivity contribution >= 4 is 11.9 Å². The lowest BCUT2D eigenvalue weighted by atomic mass is 10.1. The van der Waals surface area contributed by atoms with Gasteiger partial charge in [0.05, 0.1) is 0 Å². The van der Waals surface area contributed by atoms with Crippen LogP contribution in [0, 0.1) is 0 Å². The number of benzene rings is 1. The second kappa shape index (κ2) is 8.35. The third-order valence-corrected chi connectivity index (χ3v) is 3.19. The van der Waals surface area contributed by atoms with Crippen molar-refractivity contribution in [3.8, 4) is 0 Å². The summed E-state index contributed by atoms with van der Waals surface area (Å²) in [7, 11) is 0. The molecule has 0 fully saturated rings. The molecule has 0 atom stereocenters. The lowest BCUT2D eigenvalue weighted by molar-refractivity contribution is -0.137. The zero-order valence-electron chi connectivity index (χ0n) is 12.2. The Morgan fingerprint density at radius 2 is 1.75 bits per heavy atom. The van der Waals surface area contributed by atoms with Crippen LogP contribution in [0.1, 0.15) is 49.9 Å². The Morgan fingerprint density at radius 1 is 1.10 bits per heavy atom. The molecule has 0 saturated heterocycles. The number of carboxylic acids is 1. The molecular weight excluding hydrogens is 254 g/mol. The van der Waals surface area contributed by atoms with E-state index in [0.29, 0.717) is 18.5 Å². The minimum Gasteiger partial charge on any atom is -0.481 e. The molecule has 4 heteroatoms. The Labute approximate surface area is 120 Å². The highest BCUT2D eigenvalue weighted by atomic mass is 16.4. The van der Waals surface area contributed by atoms with Crippen LogP contribution in [0.5, 0.6) is 0 Å². The van der Waals surface area contributed by atoms with Crippen LogP contribution in [0.4, 0.5) is 0 Å². The minimum atomic E-state index is -0.758. The van der Waals surface area contributed by atoms with Crippen LogP contribution in [0.15, 0.2) is 30.3 Å². The van der Waals surface area contributed by atoms with Crippen LogP contribution >= 0.6 is 0 Å². The molecule has 0 heterocycles. The Bertz CT molecular complexity index is 429. The normalized spacial score (nSPS) is 10.6. The first-order valence-corrected chi connectivity index (χ1v) is 7.10. The summed E-state index contributed by atoms with van der Waals surface area (Å²) in [6.07, 6.45) is 2.54. The molecule has 0 radical (unpaired) electrons. The predicted octanol–water partition coefficient (Wildman–Crippen LogP) is 3.18. The van der Waals surface area contributed by atoms with Crippen molar-refractivity contribution in [3.63, 3.8) is 0 Å². The van der Waals surface area contributed by atoms with Gasteiger partial charge in [0.2, 0.25) is 0 Å². The molecule has 0 unspecified atom stereocenters. The van der Waals surface area contributed by atoms with E-state index in [1.165, 1.54) is 0 Å². The Kier molecular flexibility index (Phi) is 6.77. The third kappa shape index (κ3) is 5.43. The highest BCUT2D eigenvalue weighted by Gasteiger charge is 2.17. The average Bonchev–Trinajstić information content (AvgIpc) is 2.42. The number of carbonyl (C=O) groups is 2. The van der Waals surface area contributed by atoms with Crippen LogP contribution in [0.25, 0.3) is 0 Å². The first-order valence-electron chi connectivity index (χ1n) is 7.10. The van der Waals surface area contributed by atoms with Crippen molar-refractivity contribution in [1.82, 2.24) is 4.90 Å². The third-order valence-electron chi connectivity index (χ3n) is 3.19. The Balaban J connectivity index is 2.48. The molecule has 1 aromatic rings. The summed E-state index contributed by atoms with van der Waals surface area (Å²) >= 11 is 0. The van der Waals surface area contributed by atoms with Crippen molar-refractivity contribution in [2.24, 2.45) is 0 Å². The number of nitrogens with zero attached hydrogens (tertiary/aromatic N) is 1. The van der Waals surface area contributed by atoms with E-state index in [-0.39, 0.29) is 18.4 Å². The van der Waals surface area contributed by atoms with Crippen molar-refractivity contribution in [3.05, 3.63) is 35.9 Å². The van der Waals surface area contributed by atoms with Gasteiger partial charge >= 0.3 is 5.97 Å². The van der Waals surface area contributed by atoms with Crippen molar-refractivity contribution in [2.75, 3.05) is 6.54 Å². The number of unbranched alkanes of at least 4 members (excludes halogenated alkanes) is 2. The minimum absolute atomic E-state index is 0.0406. The van der Waals surface area contributed by atoms with Gasteiger partial charge in [0.1, 0.15) is 0 Å². The van der Waals surface area contributed by atoms with Crippen LogP contribution in [-0.4, -0.2) is 34.5 Å². The van der Waals surface area contributed by atoms with Gasteiger partial charge in [-0.3, -0.25) is 9.59 Å². The predicted molar refractivity (Wildman–Crippen MR) is 78.7 cm³/mol. The molecule has 1 N–H and O–H groups in total. The van der Waals surface area contributed by atoms with Crippen molar-refractivity contribution in [1.29, 1.82) is 0 Å². The summed E-state index contributed by atoms with van der Waals surface area (Å²) in [6.45, 7) is 4.67. The van der Waals surface area contributed by atoms with E-state index in [0.717, 1.165) is 12.8 Å². The highest BCUT2D eigenvalue weighted by molar-refractivity contribution is 5.94. The van der Waals surface area contributed by atoms with Crippen LogP contribution in [0.2, 0.25) is 0 Å². The van der Waals surface area contributed by atoms with E-state index < -0.39 is 5.97 Å². The summed E-state index contributed by atoms with van der Waals surface area (Å²) in [5.74, 6) is -0.718. The molecule has 1 amide bonds. The van der Waals surface area contributed by atoms with Gasteiger partial charge in [-0.25, -0.2) is 0 Å². The van der Waals surface area contributed by atoms with E-state index in [2.05, 4.69) is 0 Å². The van der Waals surface area contributed by atoms with E-state index in [1.54, 1.807) is 0 Å². The van der Waals surface area contributed by atoms with Gasteiger partial charge in [0, 0.05) is 24.6 Å². The first kappa shape index (κ1) is 16.2. The van der Waals surface area contributed by atoms with Crippen molar-refractivity contribution < 1.29 is 14.7 Å². The topological polar surface area (TPSA) is 57.6 Å². The Hall–Kier alpha value is -1.84. The smallest absolute Gasteiger partial charge is 0.303 e. The molecule has 4 nitrogen and oxygen atoms in total. The van der Waals surface area contributed by atoms with Gasteiger partial charge in [0.15, 0.2) is 0 Å². The van der Waals surface area contributed by atoms with E-state index in [9.17, 15) is 9.59 Å². The maximum Gasteiger partial charge on any atom is 0.303 e. The molecular formula is C16H23NO3. The lowest BCUT2D eigenvalue weighted by Crippen LogP contribution is -2.37. The van der Waals surface area contributed by atoms with Crippen molar-refractivity contribution in [2.45, 2.75) is 45.6 Å². The van der Waals surface area contributed by atoms with Gasteiger partial charge in [-0.1, -0.05) is 24.6 Å². The molecule has 0 saturated carbocycles. The summed E-state index contributed by atoms with van der Waals surface area (Å²) in [6, 6.07) is 9.39. The second-order valence-corrected chi connectivity index (χ2v) is 5.16. The number of amides is 1. The molecule has 0 aromatic heterocycles. The fourth-order valence-corrected chi connectivity index (χ4v) is 2.08.